The molecule has 0 bridgehead atoms. The highest BCUT2D eigenvalue weighted by Gasteiger charge is 2.03. The molecule has 2 heterocycles. The number of carbonyl (C=O) groups excluding carboxylic acids is 1. The van der Waals surface area contributed by atoms with Crippen LogP contribution >= 0.6 is 11.6 Å². The first-order valence-corrected chi connectivity index (χ1v) is 3.78. The Bertz CT molecular complexity index is 435. The van der Waals surface area contributed by atoms with E-state index in [0.717, 1.165) is 10.9 Å². The van der Waals surface area contributed by atoms with Crippen molar-refractivity contribution in [3.63, 3.8) is 0 Å². The van der Waals surface area contributed by atoms with E-state index < -0.39 is 5.24 Å². The fraction of sp³-hybridized carbons (Fsp3) is 0. The number of H-pyrrole nitrogens is 1. The van der Waals surface area contributed by atoms with Gasteiger partial charge < -0.3 is 4.98 Å². The maximum absolute atomic E-state index is 10.7. The molecule has 0 saturated carbocycles. The van der Waals surface area contributed by atoms with E-state index in [0.29, 0.717) is 0 Å². The summed E-state index contributed by atoms with van der Waals surface area (Å²) < 4.78 is 0. The van der Waals surface area contributed by atoms with Gasteiger partial charge in [0.1, 0.15) is 5.69 Å². The number of fused-ring (bicyclic) bond motifs is 1. The number of nitrogens with zero attached hydrogens (tertiary/aromatic N) is 1. The molecule has 3 nitrogen and oxygen atoms in total. The van der Waals surface area contributed by atoms with Crippen LogP contribution in [-0.2, 0) is 0 Å². The summed E-state index contributed by atoms with van der Waals surface area (Å²) in [5.74, 6) is 0. The number of aromatic nitrogens is 2. The Morgan fingerprint density at radius 1 is 1.58 bits per heavy atom. The number of nitrogens with one attached hydrogen (secondary N) is 1. The molecule has 0 amide bonds. The van der Waals surface area contributed by atoms with Crippen molar-refractivity contribution >= 4 is 27.7 Å². The van der Waals surface area contributed by atoms with Gasteiger partial charge in [0.2, 0.25) is 0 Å². The van der Waals surface area contributed by atoms with Crippen molar-refractivity contribution in [1.82, 2.24) is 9.97 Å². The van der Waals surface area contributed by atoms with E-state index >= 15 is 0 Å². The second-order valence-corrected chi connectivity index (χ2v) is 2.75. The molecule has 0 aliphatic rings. The first kappa shape index (κ1) is 7.31. The van der Waals surface area contributed by atoms with Gasteiger partial charge in [0.25, 0.3) is 5.24 Å². The molecule has 0 aliphatic heterocycles. The van der Waals surface area contributed by atoms with Crippen LogP contribution in [0.5, 0.6) is 0 Å². The van der Waals surface area contributed by atoms with E-state index in [1.165, 1.54) is 0 Å². The molecule has 2 aromatic rings. The Kier molecular flexibility index (Phi) is 1.59. The summed E-state index contributed by atoms with van der Waals surface area (Å²) in [4.78, 5) is 17.5. The third-order valence-electron chi connectivity index (χ3n) is 1.64. The molecule has 12 heavy (non-hydrogen) atoms. The van der Waals surface area contributed by atoms with Crippen LogP contribution < -0.4 is 0 Å². The van der Waals surface area contributed by atoms with Gasteiger partial charge in [-0.05, 0) is 23.7 Å². The number of pyridine rings is 1. The molecule has 0 aromatic carbocycles. The molecule has 0 atom stereocenters. The predicted octanol–water partition coefficient (Wildman–Crippen LogP) is 1.94. The number of hydrogen-bond donors (Lipinski definition) is 1. The maximum Gasteiger partial charge on any atom is 0.270 e. The third kappa shape index (κ3) is 1.08. The fourth-order valence-electron chi connectivity index (χ4n) is 1.05. The van der Waals surface area contributed by atoms with Crippen LogP contribution in [0.25, 0.3) is 10.9 Å². The Balaban J connectivity index is 2.68. The molecule has 60 valence electrons. The minimum absolute atomic E-state index is 0.270. The van der Waals surface area contributed by atoms with E-state index in [1.54, 1.807) is 18.5 Å². The lowest BCUT2D eigenvalue weighted by atomic mass is 10.3. The lowest BCUT2D eigenvalue weighted by Gasteiger charge is -1.92. The highest BCUT2D eigenvalue weighted by molar-refractivity contribution is 6.67. The average Bonchev–Trinajstić information content (AvgIpc) is 2.49. The highest BCUT2D eigenvalue weighted by atomic mass is 35.5. The summed E-state index contributed by atoms with van der Waals surface area (Å²) in [6.07, 6.45) is 3.40. The Labute approximate surface area is 73.4 Å². The molecule has 1 N–H and O–H groups in total. The largest absolute Gasteiger partial charge is 0.361 e. The first-order valence-electron chi connectivity index (χ1n) is 3.40. The van der Waals surface area contributed by atoms with Gasteiger partial charge in [-0.3, -0.25) is 9.78 Å². The van der Waals surface area contributed by atoms with Crippen molar-refractivity contribution in [1.29, 1.82) is 0 Å². The van der Waals surface area contributed by atoms with Crippen LogP contribution in [0.1, 0.15) is 10.5 Å². The molecular weight excluding hydrogens is 176 g/mol. The standard InChI is InChI=1S/C8H5ClN2O/c9-8(12)7-3-6-5(4-11-7)1-2-10-6/h1-4,10H. The monoisotopic (exact) mass is 180 g/mol. The molecule has 0 unspecified atom stereocenters. The first-order chi connectivity index (χ1) is 5.77. The van der Waals surface area contributed by atoms with E-state index in [-0.39, 0.29) is 5.69 Å². The van der Waals surface area contributed by atoms with E-state index in [1.807, 2.05) is 6.07 Å². The smallest absolute Gasteiger partial charge is 0.270 e. The molecule has 0 radical (unpaired) electrons. The molecule has 0 saturated heterocycles. The number of aromatic amines is 1. The topological polar surface area (TPSA) is 45.8 Å². The quantitative estimate of drug-likeness (QED) is 0.682. The van der Waals surface area contributed by atoms with Crippen molar-refractivity contribution in [3.05, 3.63) is 30.2 Å². The van der Waals surface area contributed by atoms with Crippen molar-refractivity contribution in [2.75, 3.05) is 0 Å². The minimum Gasteiger partial charge on any atom is -0.361 e. The molecular formula is C8H5ClN2O. The van der Waals surface area contributed by atoms with Crippen LogP contribution in [0.3, 0.4) is 0 Å². The van der Waals surface area contributed by atoms with Crippen LogP contribution in [0.2, 0.25) is 0 Å². The zero-order valence-electron chi connectivity index (χ0n) is 6.04. The van der Waals surface area contributed by atoms with Crippen LogP contribution in [-0.4, -0.2) is 15.2 Å². The second kappa shape index (κ2) is 2.60. The van der Waals surface area contributed by atoms with Crippen LogP contribution in [0, 0.1) is 0 Å². The highest BCUT2D eigenvalue weighted by Crippen LogP contribution is 2.12. The molecule has 2 rings (SSSR count). The van der Waals surface area contributed by atoms with Crippen molar-refractivity contribution < 1.29 is 4.79 Å². The molecule has 2 aromatic heterocycles. The normalized spacial score (nSPS) is 10.4. The van der Waals surface area contributed by atoms with Gasteiger partial charge in [-0.2, -0.15) is 0 Å². The van der Waals surface area contributed by atoms with Gasteiger partial charge in [0.05, 0.1) is 0 Å². The van der Waals surface area contributed by atoms with E-state index in [4.69, 9.17) is 11.6 Å². The number of hydrogen-bond acceptors (Lipinski definition) is 2. The summed E-state index contributed by atoms with van der Waals surface area (Å²) in [6, 6.07) is 3.51. The van der Waals surface area contributed by atoms with Gasteiger partial charge in [0.15, 0.2) is 0 Å². The molecule has 0 aliphatic carbocycles. The minimum atomic E-state index is -0.536. The molecule has 4 heteroatoms. The lowest BCUT2D eigenvalue weighted by molar-refractivity contribution is 0.107. The third-order valence-corrected chi connectivity index (χ3v) is 1.83. The fourth-order valence-corrected chi connectivity index (χ4v) is 1.16. The predicted molar refractivity (Wildman–Crippen MR) is 46.3 cm³/mol. The van der Waals surface area contributed by atoms with Gasteiger partial charge in [0, 0.05) is 23.3 Å². The van der Waals surface area contributed by atoms with Crippen LogP contribution in [0.15, 0.2) is 24.5 Å². The van der Waals surface area contributed by atoms with Gasteiger partial charge in [-0.25, -0.2) is 0 Å². The number of rotatable bonds is 1. The Morgan fingerprint density at radius 3 is 3.17 bits per heavy atom. The second-order valence-electron chi connectivity index (χ2n) is 2.41. The number of carbonyl (C=O) groups is 1. The summed E-state index contributed by atoms with van der Waals surface area (Å²) in [5.41, 5.74) is 1.14. The van der Waals surface area contributed by atoms with Crippen molar-refractivity contribution in [3.8, 4) is 0 Å². The van der Waals surface area contributed by atoms with E-state index in [2.05, 4.69) is 9.97 Å². The summed E-state index contributed by atoms with van der Waals surface area (Å²) in [5, 5.41) is 0.433. The summed E-state index contributed by atoms with van der Waals surface area (Å²) in [6.45, 7) is 0. The van der Waals surface area contributed by atoms with Crippen molar-refractivity contribution in [2.45, 2.75) is 0 Å². The summed E-state index contributed by atoms with van der Waals surface area (Å²) in [7, 11) is 0. The van der Waals surface area contributed by atoms with Gasteiger partial charge in [-0.15, -0.1) is 0 Å². The molecule has 0 fully saturated rings. The summed E-state index contributed by atoms with van der Waals surface area (Å²) >= 11 is 5.26. The van der Waals surface area contributed by atoms with Gasteiger partial charge >= 0.3 is 0 Å². The Hall–Kier alpha value is -1.35. The maximum atomic E-state index is 10.7. The molecule has 0 spiro atoms. The zero-order valence-corrected chi connectivity index (χ0v) is 6.80. The lowest BCUT2D eigenvalue weighted by Crippen LogP contribution is -1.92. The number of halogens is 1. The average molecular weight is 181 g/mol. The zero-order chi connectivity index (χ0) is 8.55. The van der Waals surface area contributed by atoms with Crippen molar-refractivity contribution in [2.24, 2.45) is 0 Å². The van der Waals surface area contributed by atoms with E-state index in [9.17, 15) is 4.79 Å². The van der Waals surface area contributed by atoms with Crippen LogP contribution in [0.4, 0.5) is 0 Å². The Morgan fingerprint density at radius 2 is 2.42 bits per heavy atom. The SMILES string of the molecule is O=C(Cl)c1cc2[nH]ccc2cn1. The van der Waals surface area contributed by atoms with Gasteiger partial charge in [-0.1, -0.05) is 0 Å².